The zero-order chi connectivity index (χ0) is 26.5. The van der Waals surface area contributed by atoms with Crippen LogP contribution in [0.25, 0.3) is 6.08 Å². The third-order valence-corrected chi connectivity index (χ3v) is 5.51. The Morgan fingerprint density at radius 1 is 1.00 bits per heavy atom. The number of anilines is 1. The molecule has 4 rings (SSSR count). The number of rotatable bonds is 8. The fourth-order valence-electron chi connectivity index (χ4n) is 3.80. The van der Waals surface area contributed by atoms with Gasteiger partial charge in [0.1, 0.15) is 23.8 Å². The number of carbonyl (C=O) groups excluding carboxylic acids is 3. The molecule has 1 aliphatic heterocycles. The topological polar surface area (TPSA) is 84.9 Å². The van der Waals surface area contributed by atoms with Crippen LogP contribution in [0.4, 0.5) is 19.3 Å². The van der Waals surface area contributed by atoms with Crippen LogP contribution in [0, 0.1) is 11.6 Å². The number of ether oxygens (including phenoxy) is 2. The molecule has 3 aromatic rings. The number of hydrogen-bond acceptors (Lipinski definition) is 5. The molecule has 1 N–H and O–H groups in total. The first-order valence-electron chi connectivity index (χ1n) is 11.2. The lowest BCUT2D eigenvalue weighted by atomic mass is 10.0. The number of halogens is 2. The van der Waals surface area contributed by atoms with Crippen LogP contribution >= 0.6 is 0 Å². The first kappa shape index (κ1) is 25.3. The van der Waals surface area contributed by atoms with Crippen LogP contribution in [0.5, 0.6) is 11.5 Å². The van der Waals surface area contributed by atoms with E-state index in [0.29, 0.717) is 33.9 Å². The van der Waals surface area contributed by atoms with Crippen LogP contribution < -0.4 is 19.7 Å². The molecule has 1 fully saturated rings. The molecule has 0 unspecified atom stereocenters. The van der Waals surface area contributed by atoms with Gasteiger partial charge < -0.3 is 9.47 Å². The van der Waals surface area contributed by atoms with E-state index in [0.717, 1.165) is 11.6 Å². The second-order valence-corrected chi connectivity index (χ2v) is 8.06. The minimum Gasteiger partial charge on any atom is -0.493 e. The molecule has 1 saturated heterocycles. The van der Waals surface area contributed by atoms with Gasteiger partial charge in [-0.2, -0.15) is 0 Å². The van der Waals surface area contributed by atoms with Gasteiger partial charge in [-0.3, -0.25) is 14.9 Å². The first-order valence-corrected chi connectivity index (χ1v) is 11.2. The number of benzene rings is 3. The van der Waals surface area contributed by atoms with E-state index in [4.69, 9.17) is 9.47 Å². The highest BCUT2D eigenvalue weighted by molar-refractivity contribution is 6.39. The van der Waals surface area contributed by atoms with Crippen molar-refractivity contribution in [2.24, 2.45) is 0 Å². The van der Waals surface area contributed by atoms with Gasteiger partial charge in [-0.15, -0.1) is 6.58 Å². The predicted molar refractivity (Wildman–Crippen MR) is 133 cm³/mol. The van der Waals surface area contributed by atoms with Crippen molar-refractivity contribution in [3.63, 3.8) is 0 Å². The first-order chi connectivity index (χ1) is 17.8. The molecule has 1 aliphatic rings. The second-order valence-electron chi connectivity index (χ2n) is 8.06. The highest BCUT2D eigenvalue weighted by Gasteiger charge is 2.37. The van der Waals surface area contributed by atoms with E-state index in [1.807, 2.05) is 0 Å². The fourth-order valence-corrected chi connectivity index (χ4v) is 3.80. The van der Waals surface area contributed by atoms with Crippen molar-refractivity contribution in [1.29, 1.82) is 0 Å². The van der Waals surface area contributed by atoms with Gasteiger partial charge in [-0.1, -0.05) is 24.3 Å². The van der Waals surface area contributed by atoms with Gasteiger partial charge in [0.15, 0.2) is 11.5 Å². The number of hydrogen-bond donors (Lipinski definition) is 1. The quantitative estimate of drug-likeness (QED) is 0.267. The summed E-state index contributed by atoms with van der Waals surface area (Å²) in [5, 5.41) is 2.11. The molecular formula is C28H22F2N2O5. The Hall–Kier alpha value is -4.79. The Bertz CT molecular complexity index is 1420. The number of nitrogens with one attached hydrogen (secondary N) is 1. The fraction of sp³-hybridized carbons (Fsp3) is 0.107. The number of carbonyl (C=O) groups is 3. The summed E-state index contributed by atoms with van der Waals surface area (Å²) in [4.78, 5) is 38.8. The zero-order valence-corrected chi connectivity index (χ0v) is 19.8. The number of barbiturate groups is 1. The monoisotopic (exact) mass is 504 g/mol. The van der Waals surface area contributed by atoms with Gasteiger partial charge in [-0.25, -0.2) is 18.5 Å². The molecule has 9 heteroatoms. The summed E-state index contributed by atoms with van der Waals surface area (Å²) in [6, 6.07) is 13.1. The third-order valence-electron chi connectivity index (χ3n) is 5.51. The van der Waals surface area contributed by atoms with Crippen LogP contribution in [0.15, 0.2) is 78.9 Å². The van der Waals surface area contributed by atoms with Gasteiger partial charge in [0, 0.05) is 5.56 Å². The van der Waals surface area contributed by atoms with E-state index in [9.17, 15) is 23.2 Å². The molecule has 0 saturated carbocycles. The average Bonchev–Trinajstić information content (AvgIpc) is 2.86. The third kappa shape index (κ3) is 5.56. The van der Waals surface area contributed by atoms with Crippen LogP contribution in [-0.2, 0) is 22.6 Å². The molecule has 0 radical (unpaired) electrons. The summed E-state index contributed by atoms with van der Waals surface area (Å²) in [7, 11) is 1.44. The van der Waals surface area contributed by atoms with E-state index < -0.39 is 23.7 Å². The molecule has 0 aliphatic carbocycles. The number of allylic oxidation sites excluding steroid dienone is 1. The number of urea groups is 1. The van der Waals surface area contributed by atoms with E-state index in [1.165, 1.54) is 43.5 Å². The van der Waals surface area contributed by atoms with Gasteiger partial charge in [0.2, 0.25) is 0 Å². The van der Waals surface area contributed by atoms with E-state index in [2.05, 4.69) is 11.9 Å². The van der Waals surface area contributed by atoms with Crippen LogP contribution in [0.3, 0.4) is 0 Å². The molecule has 37 heavy (non-hydrogen) atoms. The molecule has 3 aromatic carbocycles. The molecule has 0 aromatic heterocycles. The summed E-state index contributed by atoms with van der Waals surface area (Å²) in [6.07, 6.45) is 3.34. The summed E-state index contributed by atoms with van der Waals surface area (Å²) >= 11 is 0. The average molecular weight is 504 g/mol. The lowest BCUT2D eigenvalue weighted by Gasteiger charge is -2.26. The van der Waals surface area contributed by atoms with Crippen molar-refractivity contribution in [3.8, 4) is 11.5 Å². The van der Waals surface area contributed by atoms with Crippen LogP contribution in [0.1, 0.15) is 16.7 Å². The highest BCUT2D eigenvalue weighted by Crippen LogP contribution is 2.35. The number of imide groups is 2. The SMILES string of the molecule is C=CCc1cc(/C=C2\C(=O)NC(=O)N(c3cccc(F)c3)C2=O)cc(OC)c1OCc1ccc(F)cc1. The van der Waals surface area contributed by atoms with Gasteiger partial charge in [0.05, 0.1) is 12.8 Å². The molecule has 4 amide bonds. The summed E-state index contributed by atoms with van der Waals surface area (Å²) in [6.45, 7) is 3.91. The summed E-state index contributed by atoms with van der Waals surface area (Å²) < 4.78 is 38.4. The smallest absolute Gasteiger partial charge is 0.335 e. The maximum atomic E-state index is 13.7. The van der Waals surface area contributed by atoms with E-state index in [-0.39, 0.29) is 23.7 Å². The zero-order valence-electron chi connectivity index (χ0n) is 19.8. The largest absolute Gasteiger partial charge is 0.493 e. The second kappa shape index (κ2) is 10.9. The molecule has 188 valence electrons. The number of amides is 4. The lowest BCUT2D eigenvalue weighted by molar-refractivity contribution is -0.122. The summed E-state index contributed by atoms with van der Waals surface area (Å²) in [5.41, 5.74) is 1.48. The Kier molecular flexibility index (Phi) is 7.43. The minimum absolute atomic E-state index is 0.0182. The van der Waals surface area contributed by atoms with Crippen LogP contribution in [-0.4, -0.2) is 25.0 Å². The lowest BCUT2D eigenvalue weighted by Crippen LogP contribution is -2.54. The molecule has 0 bridgehead atoms. The standard InChI is InChI=1S/C28H22F2N2O5/c1-3-5-19-12-18(14-24(36-2)25(19)37-16-17-8-10-20(29)11-9-17)13-23-26(33)31-28(35)32(27(23)34)22-7-4-6-21(30)15-22/h3-4,6-15H,1,5,16H2,2H3,(H,31,33,35)/b23-13+. The molecule has 0 atom stereocenters. The molecule has 7 nitrogen and oxygen atoms in total. The van der Waals surface area contributed by atoms with Crippen molar-refractivity contribution < 1.29 is 32.6 Å². The molecule has 1 heterocycles. The maximum Gasteiger partial charge on any atom is 0.335 e. The van der Waals surface area contributed by atoms with Crippen LogP contribution in [0.2, 0.25) is 0 Å². The summed E-state index contributed by atoms with van der Waals surface area (Å²) in [5.74, 6) is -2.04. The van der Waals surface area contributed by atoms with Crippen molar-refractivity contribution in [2.75, 3.05) is 12.0 Å². The normalized spacial score (nSPS) is 14.5. The Morgan fingerprint density at radius 2 is 1.76 bits per heavy atom. The highest BCUT2D eigenvalue weighted by atomic mass is 19.1. The van der Waals surface area contributed by atoms with Crippen molar-refractivity contribution in [3.05, 3.63) is 107 Å². The van der Waals surface area contributed by atoms with E-state index >= 15 is 0 Å². The van der Waals surface area contributed by atoms with Gasteiger partial charge in [-0.05, 0) is 66.1 Å². The van der Waals surface area contributed by atoms with Crippen molar-refractivity contribution in [1.82, 2.24) is 5.32 Å². The number of methoxy groups -OCH3 is 1. The molecule has 0 spiro atoms. The maximum absolute atomic E-state index is 13.7. The predicted octanol–water partition coefficient (Wildman–Crippen LogP) is 4.95. The van der Waals surface area contributed by atoms with Gasteiger partial charge in [0.25, 0.3) is 11.8 Å². The Labute approximate surface area is 211 Å². The van der Waals surface area contributed by atoms with Gasteiger partial charge >= 0.3 is 6.03 Å². The minimum atomic E-state index is -0.979. The van der Waals surface area contributed by atoms with E-state index in [1.54, 1.807) is 30.3 Å². The molecular weight excluding hydrogens is 482 g/mol. The Morgan fingerprint density at radius 3 is 2.43 bits per heavy atom. The van der Waals surface area contributed by atoms with Crippen molar-refractivity contribution >= 4 is 29.6 Å². The van der Waals surface area contributed by atoms with Crippen molar-refractivity contribution in [2.45, 2.75) is 13.0 Å². The number of nitrogens with zero attached hydrogens (tertiary/aromatic N) is 1. The Balaban J connectivity index is 1.69.